The molecule has 1 aliphatic heterocycles. The van der Waals surface area contributed by atoms with Gasteiger partial charge in [-0.05, 0) is 103 Å². The van der Waals surface area contributed by atoms with Gasteiger partial charge in [-0.3, -0.25) is 0 Å². The van der Waals surface area contributed by atoms with Crippen LogP contribution < -0.4 is 10.4 Å². The molecule has 2 nitrogen and oxygen atoms in total. The van der Waals surface area contributed by atoms with Crippen molar-refractivity contribution in [1.82, 2.24) is 4.98 Å². The zero-order valence-electron chi connectivity index (χ0n) is 24.1. The van der Waals surface area contributed by atoms with Crippen molar-refractivity contribution in [3.05, 3.63) is 155 Å². The molecule has 0 atom stereocenters. The van der Waals surface area contributed by atoms with Crippen molar-refractivity contribution >= 4 is 55.5 Å². The van der Waals surface area contributed by atoms with E-state index in [0.717, 1.165) is 24.4 Å². The highest BCUT2D eigenvalue weighted by atomic mass is 14.9. The van der Waals surface area contributed by atoms with Crippen molar-refractivity contribution in [3.63, 3.8) is 0 Å². The molecule has 0 fully saturated rings. The monoisotopic (exact) mass is 550 g/mol. The number of nitrogens with zero attached hydrogens (tertiary/aromatic N) is 2. The number of hydrogen-bond donors (Lipinski definition) is 0. The van der Waals surface area contributed by atoms with Crippen molar-refractivity contribution in [2.45, 2.75) is 19.8 Å². The molecule has 0 radical (unpaired) electrons. The predicted octanol–water partition coefficient (Wildman–Crippen LogP) is 8.93. The lowest BCUT2D eigenvalue weighted by atomic mass is 9.89. The fourth-order valence-electron chi connectivity index (χ4n) is 6.74. The maximum Gasteiger partial charge on any atom is 0.155 e. The van der Waals surface area contributed by atoms with Crippen LogP contribution in [0.3, 0.4) is 0 Å². The molecule has 0 saturated heterocycles. The molecule has 2 heterocycles. The number of rotatable bonds is 3. The first-order valence-corrected chi connectivity index (χ1v) is 15.0. The lowest BCUT2D eigenvalue weighted by Gasteiger charge is -2.18. The quantitative estimate of drug-likeness (QED) is 0.202. The SMILES string of the molecule is C/C=c1/cccc/c1=C(/C1=Nc2ncccc2CC1)c1cccc(-c2ccc3c4ccccc4c4ccccc4c3c2)c1. The van der Waals surface area contributed by atoms with Crippen LogP contribution in [-0.4, -0.2) is 10.7 Å². The molecule has 0 unspecified atom stereocenters. The van der Waals surface area contributed by atoms with E-state index in [1.807, 2.05) is 12.3 Å². The van der Waals surface area contributed by atoms with E-state index in [9.17, 15) is 0 Å². The van der Waals surface area contributed by atoms with Crippen molar-refractivity contribution in [2.24, 2.45) is 4.99 Å². The Kier molecular flexibility index (Phi) is 6.19. The van der Waals surface area contributed by atoms with Crippen LogP contribution in [0.5, 0.6) is 0 Å². The van der Waals surface area contributed by atoms with E-state index in [4.69, 9.17) is 4.99 Å². The van der Waals surface area contributed by atoms with Gasteiger partial charge in [0.05, 0.1) is 5.71 Å². The summed E-state index contributed by atoms with van der Waals surface area (Å²) < 4.78 is 0. The van der Waals surface area contributed by atoms with Gasteiger partial charge >= 0.3 is 0 Å². The molecule has 2 heteroatoms. The maximum absolute atomic E-state index is 5.13. The van der Waals surface area contributed by atoms with Crippen LogP contribution in [0.2, 0.25) is 0 Å². The predicted molar refractivity (Wildman–Crippen MR) is 182 cm³/mol. The third kappa shape index (κ3) is 4.35. The van der Waals surface area contributed by atoms with E-state index in [2.05, 4.69) is 139 Å². The van der Waals surface area contributed by atoms with E-state index in [1.165, 1.54) is 70.6 Å². The summed E-state index contributed by atoms with van der Waals surface area (Å²) in [5.74, 6) is 0.837. The van der Waals surface area contributed by atoms with Gasteiger partial charge in [0.25, 0.3) is 0 Å². The molecular weight excluding hydrogens is 520 g/mol. The summed E-state index contributed by atoms with van der Waals surface area (Å²) in [4.78, 5) is 9.75. The Balaban J connectivity index is 1.35. The van der Waals surface area contributed by atoms with Gasteiger partial charge < -0.3 is 0 Å². The fourth-order valence-corrected chi connectivity index (χ4v) is 6.74. The first kappa shape index (κ1) is 25.4. The molecule has 0 bridgehead atoms. The largest absolute Gasteiger partial charge is 0.237 e. The van der Waals surface area contributed by atoms with Gasteiger partial charge in [-0.1, -0.05) is 115 Å². The highest BCUT2D eigenvalue weighted by Gasteiger charge is 2.19. The Labute approximate surface area is 251 Å². The normalized spacial score (nSPS) is 14.2. The van der Waals surface area contributed by atoms with Gasteiger partial charge in [0.2, 0.25) is 0 Å². The van der Waals surface area contributed by atoms with E-state index < -0.39 is 0 Å². The lowest BCUT2D eigenvalue weighted by molar-refractivity contribution is 0.988. The Morgan fingerprint density at radius 3 is 2.02 bits per heavy atom. The molecule has 0 spiro atoms. The van der Waals surface area contributed by atoms with Gasteiger partial charge in [0.1, 0.15) is 0 Å². The standard InChI is InChI=1S/C41H30N2/c1-2-27-11-3-4-15-32(27)40(39-23-21-28-14-10-24-42-41(28)43-39)31-13-9-12-29(25-31)30-20-22-37-35-18-6-5-16-33(35)34-17-7-8-19-36(34)38(37)26-30/h2-20,22,24-26H,21,23H2,1H3/b27-2-,40-32-. The first-order chi connectivity index (χ1) is 21.3. The molecule has 43 heavy (non-hydrogen) atoms. The minimum absolute atomic E-state index is 0.837. The Morgan fingerprint density at radius 1 is 0.581 bits per heavy atom. The number of aliphatic imine (C=N–C) groups is 1. The smallest absolute Gasteiger partial charge is 0.155 e. The summed E-state index contributed by atoms with van der Waals surface area (Å²) in [5.41, 5.74) is 7.07. The van der Waals surface area contributed by atoms with Crippen molar-refractivity contribution in [3.8, 4) is 11.1 Å². The number of aryl methyl sites for hydroxylation is 1. The van der Waals surface area contributed by atoms with Crippen molar-refractivity contribution in [1.29, 1.82) is 0 Å². The molecule has 8 rings (SSSR count). The molecule has 1 aromatic heterocycles. The number of fused-ring (bicyclic) bond motifs is 7. The van der Waals surface area contributed by atoms with Gasteiger partial charge in [-0.25, -0.2) is 9.98 Å². The molecule has 1 aliphatic rings. The van der Waals surface area contributed by atoms with Gasteiger partial charge in [-0.2, -0.15) is 0 Å². The summed E-state index contributed by atoms with van der Waals surface area (Å²) >= 11 is 0. The number of hydrogen-bond acceptors (Lipinski definition) is 2. The minimum Gasteiger partial charge on any atom is -0.237 e. The van der Waals surface area contributed by atoms with Crippen LogP contribution in [0.25, 0.3) is 55.1 Å². The molecular formula is C41H30N2. The van der Waals surface area contributed by atoms with Gasteiger partial charge in [-0.15, -0.1) is 0 Å². The van der Waals surface area contributed by atoms with Gasteiger partial charge in [0, 0.05) is 11.8 Å². The first-order valence-electron chi connectivity index (χ1n) is 15.0. The third-order valence-electron chi connectivity index (χ3n) is 8.80. The molecule has 0 saturated carbocycles. The molecule has 7 aromatic rings. The molecule has 0 amide bonds. The van der Waals surface area contributed by atoms with Gasteiger partial charge in [0.15, 0.2) is 5.82 Å². The van der Waals surface area contributed by atoms with Crippen LogP contribution >= 0.6 is 0 Å². The second kappa shape index (κ2) is 10.5. The zero-order valence-corrected chi connectivity index (χ0v) is 24.1. The molecule has 0 aliphatic carbocycles. The van der Waals surface area contributed by atoms with E-state index >= 15 is 0 Å². The van der Waals surface area contributed by atoms with Crippen molar-refractivity contribution < 1.29 is 0 Å². The topological polar surface area (TPSA) is 25.2 Å². The Hall–Kier alpha value is -5.34. The lowest BCUT2D eigenvalue weighted by Crippen LogP contribution is -2.30. The highest BCUT2D eigenvalue weighted by Crippen LogP contribution is 2.37. The number of aromatic nitrogens is 1. The number of benzene rings is 6. The average molecular weight is 551 g/mol. The Bertz CT molecular complexity index is 2330. The van der Waals surface area contributed by atoms with Crippen LogP contribution in [0.1, 0.15) is 24.5 Å². The molecule has 0 N–H and O–H groups in total. The second-order valence-electron chi connectivity index (χ2n) is 11.2. The summed E-state index contributed by atoms with van der Waals surface area (Å²) in [7, 11) is 0. The Morgan fingerprint density at radius 2 is 1.26 bits per heavy atom. The maximum atomic E-state index is 5.13. The van der Waals surface area contributed by atoms with Crippen molar-refractivity contribution in [2.75, 3.05) is 0 Å². The zero-order chi connectivity index (χ0) is 28.8. The fraction of sp³-hybridized carbons (Fsp3) is 0.0732. The van der Waals surface area contributed by atoms with Crippen LogP contribution in [0.4, 0.5) is 5.82 Å². The second-order valence-corrected chi connectivity index (χ2v) is 11.2. The summed E-state index contributed by atoms with van der Waals surface area (Å²) in [5, 5.41) is 10.2. The third-order valence-corrected chi connectivity index (χ3v) is 8.80. The number of pyridine rings is 1. The van der Waals surface area contributed by atoms with E-state index in [0.29, 0.717) is 0 Å². The van der Waals surface area contributed by atoms with E-state index in [-0.39, 0.29) is 0 Å². The summed E-state index contributed by atoms with van der Waals surface area (Å²) in [6.45, 7) is 2.11. The highest BCUT2D eigenvalue weighted by molar-refractivity contribution is 6.26. The average Bonchev–Trinajstić information content (AvgIpc) is 3.08. The van der Waals surface area contributed by atoms with E-state index in [1.54, 1.807) is 0 Å². The van der Waals surface area contributed by atoms with Crippen LogP contribution in [0, 0.1) is 0 Å². The van der Waals surface area contributed by atoms with Crippen LogP contribution in [-0.2, 0) is 6.42 Å². The minimum atomic E-state index is 0.837. The van der Waals surface area contributed by atoms with Crippen LogP contribution in [0.15, 0.2) is 139 Å². The molecule has 204 valence electrons. The summed E-state index contributed by atoms with van der Waals surface area (Å²) in [6.07, 6.45) is 5.85. The molecule has 6 aromatic carbocycles. The summed E-state index contributed by atoms with van der Waals surface area (Å²) in [6, 6.07) is 46.2.